The maximum Gasteiger partial charge on any atom is 0.282 e. The molecule has 3 aromatic carbocycles. The lowest BCUT2D eigenvalue weighted by Gasteiger charge is -2.21. The topological polar surface area (TPSA) is 41.9 Å². The zero-order valence-electron chi connectivity index (χ0n) is 18.5. The maximum absolute atomic E-state index is 13.5. The standard InChI is InChI=1S/C27H24BrClN2O2/c1-3-4-16-33-22-14-10-20(11-15-22)26-30-24(17-19-8-12-21(28)13-9-19)27(32)31(26)25-7-5-6-23(29)18(25)2/h5-15,17H,3-4,16H2,1-2H3/b24-17-. The van der Waals surface area contributed by atoms with Crippen molar-refractivity contribution in [2.45, 2.75) is 26.7 Å². The van der Waals surface area contributed by atoms with Crippen molar-refractivity contribution >= 4 is 51.0 Å². The van der Waals surface area contributed by atoms with Gasteiger partial charge in [0.25, 0.3) is 5.91 Å². The van der Waals surface area contributed by atoms with E-state index in [1.807, 2.05) is 73.7 Å². The van der Waals surface area contributed by atoms with Crippen LogP contribution in [0.15, 0.2) is 81.9 Å². The van der Waals surface area contributed by atoms with Crippen LogP contribution in [0.5, 0.6) is 5.75 Å². The van der Waals surface area contributed by atoms with Gasteiger partial charge in [-0.25, -0.2) is 4.99 Å². The number of anilines is 1. The molecule has 1 heterocycles. The molecule has 0 atom stereocenters. The average Bonchev–Trinajstić information content (AvgIpc) is 3.13. The molecule has 1 amide bonds. The second kappa shape index (κ2) is 10.4. The van der Waals surface area contributed by atoms with E-state index in [0.29, 0.717) is 28.8 Å². The fraction of sp³-hybridized carbons (Fsp3) is 0.185. The third-order valence-electron chi connectivity index (χ3n) is 5.39. The lowest BCUT2D eigenvalue weighted by Crippen LogP contribution is -2.33. The summed E-state index contributed by atoms with van der Waals surface area (Å²) in [6, 6.07) is 21.0. The van der Waals surface area contributed by atoms with Crippen LogP contribution in [-0.2, 0) is 4.79 Å². The van der Waals surface area contributed by atoms with E-state index in [9.17, 15) is 4.79 Å². The molecule has 33 heavy (non-hydrogen) atoms. The van der Waals surface area contributed by atoms with Crippen LogP contribution >= 0.6 is 27.5 Å². The van der Waals surface area contributed by atoms with Crippen molar-refractivity contribution in [3.05, 3.63) is 98.6 Å². The summed E-state index contributed by atoms with van der Waals surface area (Å²) in [7, 11) is 0. The lowest BCUT2D eigenvalue weighted by atomic mass is 10.1. The summed E-state index contributed by atoms with van der Waals surface area (Å²) in [6.07, 6.45) is 3.89. The number of ether oxygens (including phenoxy) is 1. The highest BCUT2D eigenvalue weighted by Crippen LogP contribution is 2.33. The van der Waals surface area contributed by atoms with E-state index in [1.165, 1.54) is 0 Å². The van der Waals surface area contributed by atoms with Gasteiger partial charge in [0.15, 0.2) is 0 Å². The number of amides is 1. The number of rotatable bonds is 7. The SMILES string of the molecule is CCCCOc1ccc(C2=N/C(=C\c3ccc(Br)cc3)C(=O)N2c2cccc(Cl)c2C)cc1. The molecule has 0 unspecified atom stereocenters. The number of amidine groups is 1. The fourth-order valence-electron chi connectivity index (χ4n) is 3.52. The van der Waals surface area contributed by atoms with Gasteiger partial charge in [0.05, 0.1) is 12.3 Å². The van der Waals surface area contributed by atoms with Gasteiger partial charge in [-0.2, -0.15) is 0 Å². The molecule has 0 saturated carbocycles. The van der Waals surface area contributed by atoms with Crippen LogP contribution in [0.3, 0.4) is 0 Å². The number of carbonyl (C=O) groups is 1. The molecule has 168 valence electrons. The van der Waals surface area contributed by atoms with Crippen LogP contribution in [0.2, 0.25) is 5.02 Å². The third-order valence-corrected chi connectivity index (χ3v) is 6.33. The molecule has 0 aromatic heterocycles. The van der Waals surface area contributed by atoms with Gasteiger partial charge in [0.1, 0.15) is 17.3 Å². The number of benzene rings is 3. The van der Waals surface area contributed by atoms with Crippen LogP contribution in [0.4, 0.5) is 5.69 Å². The van der Waals surface area contributed by atoms with E-state index >= 15 is 0 Å². The van der Waals surface area contributed by atoms with Gasteiger partial charge in [-0.3, -0.25) is 9.69 Å². The Labute approximate surface area is 207 Å². The minimum Gasteiger partial charge on any atom is -0.494 e. The van der Waals surface area contributed by atoms with Crippen molar-refractivity contribution in [1.29, 1.82) is 0 Å². The van der Waals surface area contributed by atoms with Crippen LogP contribution in [0.25, 0.3) is 6.08 Å². The van der Waals surface area contributed by atoms with Crippen molar-refractivity contribution in [1.82, 2.24) is 0 Å². The molecule has 1 aliphatic heterocycles. The number of halogens is 2. The summed E-state index contributed by atoms with van der Waals surface area (Å²) < 4.78 is 6.76. The zero-order chi connectivity index (χ0) is 23.4. The summed E-state index contributed by atoms with van der Waals surface area (Å²) in [6.45, 7) is 4.72. The molecular formula is C27H24BrClN2O2. The molecule has 0 N–H and O–H groups in total. The molecule has 4 rings (SSSR count). The number of unbranched alkanes of at least 4 members (excludes halogenated alkanes) is 1. The molecule has 4 nitrogen and oxygen atoms in total. The summed E-state index contributed by atoms with van der Waals surface area (Å²) in [5.41, 5.74) is 3.63. The quantitative estimate of drug-likeness (QED) is 0.239. The van der Waals surface area contributed by atoms with Gasteiger partial charge in [0, 0.05) is 15.1 Å². The molecule has 0 radical (unpaired) electrons. The summed E-state index contributed by atoms with van der Waals surface area (Å²) in [5, 5.41) is 0.602. The normalized spacial score (nSPS) is 14.7. The Morgan fingerprint density at radius 3 is 2.48 bits per heavy atom. The van der Waals surface area contributed by atoms with Crippen molar-refractivity contribution in [2.24, 2.45) is 4.99 Å². The van der Waals surface area contributed by atoms with E-state index < -0.39 is 0 Å². The number of nitrogens with zero attached hydrogens (tertiary/aromatic N) is 2. The van der Waals surface area contributed by atoms with Crippen LogP contribution in [0.1, 0.15) is 36.5 Å². The van der Waals surface area contributed by atoms with Crippen LogP contribution in [0, 0.1) is 6.92 Å². The van der Waals surface area contributed by atoms with Crippen molar-refractivity contribution in [2.75, 3.05) is 11.5 Å². The predicted molar refractivity (Wildman–Crippen MR) is 139 cm³/mol. The van der Waals surface area contributed by atoms with Gasteiger partial charge in [-0.1, -0.05) is 59.1 Å². The van der Waals surface area contributed by atoms with E-state index in [0.717, 1.165) is 39.8 Å². The molecular weight excluding hydrogens is 500 g/mol. The van der Waals surface area contributed by atoms with Crippen LogP contribution in [-0.4, -0.2) is 18.3 Å². The van der Waals surface area contributed by atoms with Crippen molar-refractivity contribution < 1.29 is 9.53 Å². The second-order valence-electron chi connectivity index (χ2n) is 7.77. The van der Waals surface area contributed by atoms with E-state index in [4.69, 9.17) is 21.3 Å². The van der Waals surface area contributed by atoms with Gasteiger partial charge < -0.3 is 4.74 Å². The van der Waals surface area contributed by atoms with Crippen molar-refractivity contribution in [3.8, 4) is 5.75 Å². The smallest absolute Gasteiger partial charge is 0.282 e. The molecule has 0 aliphatic carbocycles. The number of hydrogen-bond donors (Lipinski definition) is 0. The number of aliphatic imine (C=N–C) groups is 1. The monoisotopic (exact) mass is 522 g/mol. The highest BCUT2D eigenvalue weighted by molar-refractivity contribution is 9.10. The van der Waals surface area contributed by atoms with E-state index in [2.05, 4.69) is 22.9 Å². The Balaban J connectivity index is 1.74. The first-order valence-electron chi connectivity index (χ1n) is 10.9. The molecule has 3 aromatic rings. The minimum absolute atomic E-state index is 0.193. The summed E-state index contributed by atoms with van der Waals surface area (Å²) in [4.78, 5) is 19.9. The number of hydrogen-bond acceptors (Lipinski definition) is 3. The Hall–Kier alpha value is -2.89. The fourth-order valence-corrected chi connectivity index (χ4v) is 3.96. The van der Waals surface area contributed by atoms with Gasteiger partial charge in [-0.15, -0.1) is 0 Å². The highest BCUT2D eigenvalue weighted by Gasteiger charge is 2.33. The maximum atomic E-state index is 13.5. The number of carbonyl (C=O) groups excluding carboxylic acids is 1. The molecule has 0 bridgehead atoms. The first-order valence-corrected chi connectivity index (χ1v) is 12.0. The van der Waals surface area contributed by atoms with Gasteiger partial charge >= 0.3 is 0 Å². The van der Waals surface area contributed by atoms with Crippen molar-refractivity contribution in [3.63, 3.8) is 0 Å². The van der Waals surface area contributed by atoms with E-state index in [-0.39, 0.29) is 5.91 Å². The molecule has 0 spiro atoms. The molecule has 1 aliphatic rings. The van der Waals surface area contributed by atoms with Gasteiger partial charge in [0.2, 0.25) is 0 Å². The third kappa shape index (κ3) is 5.21. The largest absolute Gasteiger partial charge is 0.494 e. The zero-order valence-corrected chi connectivity index (χ0v) is 20.9. The lowest BCUT2D eigenvalue weighted by molar-refractivity contribution is -0.113. The first-order chi connectivity index (χ1) is 16.0. The average molecular weight is 524 g/mol. The van der Waals surface area contributed by atoms with Crippen LogP contribution < -0.4 is 9.64 Å². The molecule has 0 fully saturated rings. The highest BCUT2D eigenvalue weighted by atomic mass is 79.9. The van der Waals surface area contributed by atoms with Gasteiger partial charge in [-0.05, 0) is 79.1 Å². The second-order valence-corrected chi connectivity index (χ2v) is 9.09. The molecule has 6 heteroatoms. The predicted octanol–water partition coefficient (Wildman–Crippen LogP) is 7.42. The Morgan fingerprint density at radius 2 is 1.79 bits per heavy atom. The van der Waals surface area contributed by atoms with E-state index in [1.54, 1.807) is 11.0 Å². The summed E-state index contributed by atoms with van der Waals surface area (Å²) >= 11 is 9.83. The Morgan fingerprint density at radius 1 is 1.06 bits per heavy atom. The minimum atomic E-state index is -0.193. The Kier molecular flexibility index (Phi) is 7.31. The first kappa shape index (κ1) is 23.3. The molecule has 0 saturated heterocycles. The Bertz CT molecular complexity index is 1220. The summed E-state index contributed by atoms with van der Waals surface area (Å²) in [5.74, 6) is 1.17.